The molecule has 0 spiro atoms. The van der Waals surface area contributed by atoms with Crippen molar-refractivity contribution in [1.29, 1.82) is 0 Å². The van der Waals surface area contributed by atoms with Crippen molar-refractivity contribution in [2.24, 2.45) is 17.1 Å². The van der Waals surface area contributed by atoms with Gasteiger partial charge in [-0.1, -0.05) is 18.2 Å². The maximum absolute atomic E-state index is 12.9. The van der Waals surface area contributed by atoms with E-state index in [4.69, 9.17) is 5.73 Å². The van der Waals surface area contributed by atoms with Gasteiger partial charge in [0.05, 0.1) is 6.20 Å². The lowest BCUT2D eigenvalue weighted by molar-refractivity contribution is -0.106. The van der Waals surface area contributed by atoms with Gasteiger partial charge in [-0.05, 0) is 60.4 Å². The van der Waals surface area contributed by atoms with Gasteiger partial charge in [0.25, 0.3) is 0 Å². The number of hydrogen-bond acceptors (Lipinski definition) is 8. The van der Waals surface area contributed by atoms with Gasteiger partial charge in [0, 0.05) is 67.2 Å². The van der Waals surface area contributed by atoms with Gasteiger partial charge in [-0.3, -0.25) is 24.3 Å². The summed E-state index contributed by atoms with van der Waals surface area (Å²) in [6.45, 7) is 6.03. The van der Waals surface area contributed by atoms with Crippen LogP contribution in [0.5, 0.6) is 0 Å². The zero-order valence-corrected chi connectivity index (χ0v) is 25.9. The molecule has 0 aliphatic rings. The van der Waals surface area contributed by atoms with E-state index < -0.39 is 0 Å². The quantitative estimate of drug-likeness (QED) is 0.0467. The molecular formula is C31H35FN9O2P. The molecule has 13 heteroatoms. The molecule has 1 unspecified atom stereocenters. The van der Waals surface area contributed by atoms with Crippen molar-refractivity contribution in [2.75, 3.05) is 24.8 Å². The SMILES string of the molecule is C=N/C=N\N(C)CN(/C=C(/C)C=O)Cc1ccc(F)cc1.Cn1cc(-c2cnc(N)c(-c3ccc(NC=O)cc3P)c2)cn1. The molecule has 2 aromatic carbocycles. The molecule has 0 bridgehead atoms. The van der Waals surface area contributed by atoms with E-state index in [9.17, 15) is 14.0 Å². The first-order chi connectivity index (χ1) is 21.1. The maximum Gasteiger partial charge on any atom is 0.211 e. The number of carbonyl (C=O) groups is 2. The number of allylic oxidation sites excluding steroid dienone is 1. The first-order valence-electron chi connectivity index (χ1n) is 13.3. The lowest BCUT2D eigenvalue weighted by Gasteiger charge is -2.25. The number of aromatic nitrogens is 3. The molecule has 0 aliphatic carbocycles. The van der Waals surface area contributed by atoms with E-state index >= 15 is 0 Å². The van der Waals surface area contributed by atoms with Crippen LogP contribution in [0.4, 0.5) is 15.9 Å². The van der Waals surface area contributed by atoms with Gasteiger partial charge in [-0.2, -0.15) is 10.2 Å². The van der Waals surface area contributed by atoms with E-state index in [1.54, 1.807) is 54.4 Å². The van der Waals surface area contributed by atoms with Gasteiger partial charge in [0.2, 0.25) is 6.41 Å². The number of benzene rings is 2. The Morgan fingerprint density at radius 3 is 2.50 bits per heavy atom. The van der Waals surface area contributed by atoms with Gasteiger partial charge in [0.15, 0.2) is 0 Å². The lowest BCUT2D eigenvalue weighted by Crippen LogP contribution is -2.29. The average Bonchev–Trinajstić information content (AvgIpc) is 3.44. The Morgan fingerprint density at radius 2 is 1.89 bits per heavy atom. The topological polar surface area (TPSA) is 134 Å². The molecule has 2 aromatic heterocycles. The molecule has 0 saturated carbocycles. The van der Waals surface area contributed by atoms with Crippen molar-refractivity contribution in [2.45, 2.75) is 13.5 Å². The number of nitrogens with one attached hydrogen (secondary N) is 1. The van der Waals surface area contributed by atoms with E-state index in [-0.39, 0.29) is 5.82 Å². The molecule has 0 saturated heterocycles. The smallest absolute Gasteiger partial charge is 0.211 e. The highest BCUT2D eigenvalue weighted by molar-refractivity contribution is 7.28. The normalized spacial score (nSPS) is 11.0. The van der Waals surface area contributed by atoms with Gasteiger partial charge >= 0.3 is 0 Å². The van der Waals surface area contributed by atoms with E-state index in [2.05, 4.69) is 41.5 Å². The fourth-order valence-corrected chi connectivity index (χ4v) is 4.52. The third-order valence-electron chi connectivity index (χ3n) is 6.11. The standard InChI is InChI=1S/C16H16N5OP.C15H19FN4O/c1-21-8-11(7-20-21)10-4-14(16(17)18-6-10)13-3-2-12(19-9-22)5-15(13)23;1-13(10-21)8-20(12-19(3)18-11-17-2)9-14-4-6-15(16)7-5-14/h2-9H,23H2,1H3,(H2,17,18)(H,19,22);4-8,10-11H,2,9,12H2,1,3H3/b;13-8-,18-11-. The van der Waals surface area contributed by atoms with Crippen LogP contribution < -0.4 is 16.4 Å². The van der Waals surface area contributed by atoms with Crippen molar-refractivity contribution in [1.82, 2.24) is 24.7 Å². The third kappa shape index (κ3) is 9.95. The predicted molar refractivity (Wildman–Crippen MR) is 178 cm³/mol. The number of nitrogen functional groups attached to an aromatic ring is 1. The van der Waals surface area contributed by atoms with Gasteiger partial charge < -0.3 is 16.0 Å². The Morgan fingerprint density at radius 1 is 1.14 bits per heavy atom. The van der Waals surface area contributed by atoms with Crippen LogP contribution in [0.3, 0.4) is 0 Å². The molecule has 3 N–H and O–H groups in total. The molecule has 0 radical (unpaired) electrons. The third-order valence-corrected chi connectivity index (χ3v) is 6.59. The fraction of sp³-hybridized carbons (Fsp3) is 0.161. The van der Waals surface area contributed by atoms with Crippen LogP contribution in [0, 0.1) is 5.82 Å². The van der Waals surface area contributed by atoms with Crippen LogP contribution in [0.2, 0.25) is 0 Å². The Labute approximate surface area is 258 Å². The predicted octanol–water partition coefficient (Wildman–Crippen LogP) is 4.06. The summed E-state index contributed by atoms with van der Waals surface area (Å²) < 4.78 is 14.7. The molecular weight excluding hydrogens is 580 g/mol. The summed E-state index contributed by atoms with van der Waals surface area (Å²) in [6.07, 6.45) is 9.96. The van der Waals surface area contributed by atoms with E-state index in [0.29, 0.717) is 31.0 Å². The highest BCUT2D eigenvalue weighted by Crippen LogP contribution is 2.30. The number of halogens is 1. The van der Waals surface area contributed by atoms with Crippen LogP contribution in [-0.4, -0.2) is 64.1 Å². The Kier molecular flexibility index (Phi) is 12.4. The average molecular weight is 616 g/mol. The first kappa shape index (κ1) is 33.3. The number of aldehydes is 1. The second-order valence-corrected chi connectivity index (χ2v) is 10.3. The Hall–Kier alpha value is -5.22. The van der Waals surface area contributed by atoms with Gasteiger partial charge in [-0.25, -0.2) is 9.37 Å². The molecule has 0 fully saturated rings. The summed E-state index contributed by atoms with van der Waals surface area (Å²) >= 11 is 0. The molecule has 4 rings (SSSR count). The number of pyridine rings is 1. The molecule has 2 heterocycles. The molecule has 11 nitrogen and oxygen atoms in total. The Balaban J connectivity index is 0.000000242. The summed E-state index contributed by atoms with van der Waals surface area (Å²) in [5.74, 6) is 0.182. The number of aliphatic imine (C=N–C) groups is 1. The summed E-state index contributed by atoms with van der Waals surface area (Å²) in [5.41, 5.74) is 12.0. The highest BCUT2D eigenvalue weighted by atomic mass is 31.0. The summed E-state index contributed by atoms with van der Waals surface area (Å²) in [6, 6.07) is 13.8. The van der Waals surface area contributed by atoms with Crippen LogP contribution in [0.1, 0.15) is 12.5 Å². The first-order valence-corrected chi connectivity index (χ1v) is 13.9. The van der Waals surface area contributed by atoms with Gasteiger partial charge in [-0.15, -0.1) is 9.24 Å². The van der Waals surface area contributed by atoms with Crippen LogP contribution in [0.15, 0.2) is 89.0 Å². The molecule has 228 valence electrons. The summed E-state index contributed by atoms with van der Waals surface area (Å²) in [4.78, 5) is 31.1. The minimum atomic E-state index is -0.274. The monoisotopic (exact) mass is 615 g/mol. The number of anilines is 2. The molecule has 0 aliphatic heterocycles. The van der Waals surface area contributed by atoms with Crippen LogP contribution in [0.25, 0.3) is 22.3 Å². The number of amides is 1. The second-order valence-electron chi connectivity index (χ2n) is 9.70. The highest BCUT2D eigenvalue weighted by Gasteiger charge is 2.11. The molecule has 1 amide bonds. The maximum atomic E-state index is 12.9. The zero-order chi connectivity index (χ0) is 32.1. The molecule has 44 heavy (non-hydrogen) atoms. The van der Waals surface area contributed by atoms with E-state index in [1.165, 1.54) is 18.5 Å². The number of nitrogens with zero attached hydrogens (tertiary/aromatic N) is 7. The summed E-state index contributed by atoms with van der Waals surface area (Å²) in [5, 5.41) is 13.4. The van der Waals surface area contributed by atoms with E-state index in [0.717, 1.165) is 45.1 Å². The second kappa shape index (κ2) is 16.4. The zero-order valence-electron chi connectivity index (χ0n) is 24.8. The Bertz CT molecular complexity index is 1640. The van der Waals surface area contributed by atoms with Crippen LogP contribution >= 0.6 is 9.24 Å². The lowest BCUT2D eigenvalue weighted by atomic mass is 10.0. The number of nitrogens with two attached hydrogens (primary N) is 1. The molecule has 1 atom stereocenters. The van der Waals surface area contributed by atoms with Crippen molar-refractivity contribution >= 4 is 51.8 Å². The number of carbonyl (C=O) groups excluding carboxylic acids is 2. The van der Waals surface area contributed by atoms with Gasteiger partial charge in [0.1, 0.15) is 30.9 Å². The number of rotatable bonds is 12. The number of aryl methyl sites for hydroxylation is 1. The van der Waals surface area contributed by atoms with Crippen molar-refractivity contribution in [3.8, 4) is 22.3 Å². The van der Waals surface area contributed by atoms with Crippen molar-refractivity contribution in [3.05, 3.63) is 90.3 Å². The minimum absolute atomic E-state index is 0.274. The number of hydrazone groups is 1. The van der Waals surface area contributed by atoms with E-state index in [1.807, 2.05) is 42.4 Å². The molecule has 4 aromatic rings. The number of hydrogen-bond donors (Lipinski definition) is 2. The summed E-state index contributed by atoms with van der Waals surface area (Å²) in [7, 11) is 6.31. The van der Waals surface area contributed by atoms with Crippen molar-refractivity contribution < 1.29 is 14.0 Å². The van der Waals surface area contributed by atoms with Crippen molar-refractivity contribution in [3.63, 3.8) is 0 Å². The fourth-order valence-electron chi connectivity index (χ4n) is 4.09. The minimum Gasteiger partial charge on any atom is -0.383 e. The largest absolute Gasteiger partial charge is 0.383 e. The van der Waals surface area contributed by atoms with Crippen LogP contribution in [-0.2, 0) is 23.2 Å².